The minimum Gasteiger partial charge on any atom is -0.493 e. The molecule has 3 aromatic rings. The van der Waals surface area contributed by atoms with Crippen LogP contribution in [-0.2, 0) is 22.7 Å². The quantitative estimate of drug-likeness (QED) is 0.509. The smallest absolute Gasteiger partial charge is 0.341 e. The van der Waals surface area contributed by atoms with Gasteiger partial charge in [-0.1, -0.05) is 5.16 Å². The SMILES string of the molecule is COC(=O)c1ccoc1COC(=O)c1ccc(OCc2c(C)noc2C)c(OC)c1. The lowest BCUT2D eigenvalue weighted by Gasteiger charge is -2.12. The second kappa shape index (κ2) is 9.17. The molecule has 30 heavy (non-hydrogen) atoms. The molecular weight excluding hydrogens is 394 g/mol. The molecule has 9 heteroatoms. The van der Waals surface area contributed by atoms with Crippen LogP contribution >= 0.6 is 0 Å². The number of benzene rings is 1. The summed E-state index contributed by atoms with van der Waals surface area (Å²) in [6, 6.07) is 6.12. The first-order valence-electron chi connectivity index (χ1n) is 8.99. The van der Waals surface area contributed by atoms with Gasteiger partial charge in [0.25, 0.3) is 0 Å². The van der Waals surface area contributed by atoms with E-state index in [1.54, 1.807) is 19.1 Å². The Bertz CT molecular complexity index is 1030. The number of carbonyl (C=O) groups excluding carboxylic acids is 2. The number of carbonyl (C=O) groups is 2. The second-order valence-electron chi connectivity index (χ2n) is 6.28. The largest absolute Gasteiger partial charge is 0.493 e. The monoisotopic (exact) mass is 415 g/mol. The molecule has 0 radical (unpaired) electrons. The molecule has 0 unspecified atom stereocenters. The van der Waals surface area contributed by atoms with Gasteiger partial charge >= 0.3 is 11.9 Å². The van der Waals surface area contributed by atoms with Gasteiger partial charge in [0.1, 0.15) is 17.9 Å². The van der Waals surface area contributed by atoms with E-state index in [1.807, 2.05) is 6.92 Å². The van der Waals surface area contributed by atoms with Crippen molar-refractivity contribution in [1.82, 2.24) is 5.16 Å². The first-order chi connectivity index (χ1) is 14.4. The van der Waals surface area contributed by atoms with E-state index in [4.69, 9.17) is 23.2 Å². The average molecular weight is 415 g/mol. The van der Waals surface area contributed by atoms with Crippen molar-refractivity contribution in [2.45, 2.75) is 27.1 Å². The van der Waals surface area contributed by atoms with Gasteiger partial charge in [-0.2, -0.15) is 0 Å². The van der Waals surface area contributed by atoms with Crippen LogP contribution in [0.4, 0.5) is 0 Å². The van der Waals surface area contributed by atoms with Gasteiger partial charge in [-0.15, -0.1) is 0 Å². The standard InChI is InChI=1S/C21H21NO8/c1-12-16(13(2)30-22-12)10-28-17-6-5-14(9-18(17)25-3)20(23)29-11-19-15(7-8-27-19)21(24)26-4/h5-9H,10-11H2,1-4H3. The minimum absolute atomic E-state index is 0.196. The highest BCUT2D eigenvalue weighted by Gasteiger charge is 2.19. The van der Waals surface area contributed by atoms with Crippen LogP contribution in [0.2, 0.25) is 0 Å². The number of hydrogen-bond donors (Lipinski definition) is 0. The number of hydrogen-bond acceptors (Lipinski definition) is 9. The highest BCUT2D eigenvalue weighted by molar-refractivity contribution is 5.91. The summed E-state index contributed by atoms with van der Waals surface area (Å²) < 4.78 is 31.3. The number of furan rings is 1. The Morgan fingerprint density at radius 3 is 2.50 bits per heavy atom. The molecule has 2 aromatic heterocycles. The zero-order valence-electron chi connectivity index (χ0n) is 17.0. The van der Waals surface area contributed by atoms with Gasteiger partial charge < -0.3 is 27.9 Å². The van der Waals surface area contributed by atoms with E-state index in [9.17, 15) is 9.59 Å². The molecule has 0 N–H and O–H groups in total. The van der Waals surface area contributed by atoms with Gasteiger partial charge in [0.2, 0.25) is 0 Å². The van der Waals surface area contributed by atoms with E-state index in [-0.39, 0.29) is 30.1 Å². The lowest BCUT2D eigenvalue weighted by atomic mass is 10.2. The molecule has 0 aliphatic rings. The highest BCUT2D eigenvalue weighted by atomic mass is 16.5. The van der Waals surface area contributed by atoms with Gasteiger partial charge in [0, 0.05) is 0 Å². The van der Waals surface area contributed by atoms with Gasteiger partial charge in [-0.05, 0) is 38.1 Å². The molecular formula is C21H21NO8. The fourth-order valence-corrected chi connectivity index (χ4v) is 2.73. The van der Waals surface area contributed by atoms with Crippen molar-refractivity contribution in [2.24, 2.45) is 0 Å². The number of rotatable bonds is 8. The first-order valence-corrected chi connectivity index (χ1v) is 8.99. The lowest BCUT2D eigenvalue weighted by Crippen LogP contribution is -2.09. The zero-order chi connectivity index (χ0) is 21.7. The van der Waals surface area contributed by atoms with Crippen LogP contribution < -0.4 is 9.47 Å². The van der Waals surface area contributed by atoms with Crippen molar-refractivity contribution < 1.29 is 37.5 Å². The van der Waals surface area contributed by atoms with E-state index < -0.39 is 11.9 Å². The third kappa shape index (κ3) is 4.45. The summed E-state index contributed by atoms with van der Waals surface area (Å²) in [4.78, 5) is 24.1. The summed E-state index contributed by atoms with van der Waals surface area (Å²) in [5.74, 6) is 0.504. The molecule has 0 aliphatic carbocycles. The van der Waals surface area contributed by atoms with Crippen molar-refractivity contribution in [2.75, 3.05) is 14.2 Å². The topological polar surface area (TPSA) is 110 Å². The Morgan fingerprint density at radius 1 is 1.03 bits per heavy atom. The number of nitrogens with zero attached hydrogens (tertiary/aromatic N) is 1. The predicted molar refractivity (Wildman–Crippen MR) is 102 cm³/mol. The minimum atomic E-state index is -0.613. The van der Waals surface area contributed by atoms with Crippen molar-refractivity contribution in [1.29, 1.82) is 0 Å². The van der Waals surface area contributed by atoms with Crippen LogP contribution in [0.5, 0.6) is 11.5 Å². The second-order valence-corrected chi connectivity index (χ2v) is 6.28. The Kier molecular flexibility index (Phi) is 6.41. The molecule has 9 nitrogen and oxygen atoms in total. The Balaban J connectivity index is 1.67. The summed E-state index contributed by atoms with van der Waals surface area (Å²) in [5.41, 5.74) is 2.05. The van der Waals surface area contributed by atoms with Crippen molar-refractivity contribution in [3.63, 3.8) is 0 Å². The van der Waals surface area contributed by atoms with Crippen molar-refractivity contribution >= 4 is 11.9 Å². The van der Waals surface area contributed by atoms with Crippen LogP contribution in [-0.4, -0.2) is 31.3 Å². The first kappa shape index (κ1) is 21.0. The third-order valence-corrected chi connectivity index (χ3v) is 4.44. The predicted octanol–water partition coefficient (Wildman–Crippen LogP) is 3.62. The summed E-state index contributed by atoms with van der Waals surface area (Å²) in [6.45, 7) is 3.66. The molecule has 0 saturated heterocycles. The Labute approximate surface area is 172 Å². The van der Waals surface area contributed by atoms with Crippen molar-refractivity contribution in [3.05, 3.63) is 64.4 Å². The average Bonchev–Trinajstić information content (AvgIpc) is 3.36. The zero-order valence-corrected chi connectivity index (χ0v) is 17.0. The molecule has 158 valence electrons. The number of ether oxygens (including phenoxy) is 4. The van der Waals surface area contributed by atoms with E-state index in [2.05, 4.69) is 9.89 Å². The molecule has 0 atom stereocenters. The molecule has 0 fully saturated rings. The normalized spacial score (nSPS) is 10.5. The summed E-state index contributed by atoms with van der Waals surface area (Å²) in [7, 11) is 2.73. The van der Waals surface area contributed by atoms with Gasteiger partial charge in [-0.3, -0.25) is 0 Å². The van der Waals surface area contributed by atoms with Crippen molar-refractivity contribution in [3.8, 4) is 11.5 Å². The van der Waals surface area contributed by atoms with E-state index >= 15 is 0 Å². The molecule has 2 heterocycles. The van der Waals surface area contributed by atoms with E-state index in [0.29, 0.717) is 17.3 Å². The molecule has 0 bridgehead atoms. The van der Waals surface area contributed by atoms with E-state index in [0.717, 1.165) is 11.3 Å². The molecule has 3 rings (SSSR count). The summed E-state index contributed by atoms with van der Waals surface area (Å²) >= 11 is 0. The van der Waals surface area contributed by atoms with Gasteiger partial charge in [0.15, 0.2) is 23.9 Å². The lowest BCUT2D eigenvalue weighted by molar-refractivity contribution is 0.0432. The maximum absolute atomic E-state index is 12.4. The molecule has 1 aromatic carbocycles. The van der Waals surface area contributed by atoms with Crippen LogP contribution in [0.1, 0.15) is 43.5 Å². The highest BCUT2D eigenvalue weighted by Crippen LogP contribution is 2.30. The fraction of sp³-hybridized carbons (Fsp3) is 0.286. The number of methoxy groups -OCH3 is 2. The van der Waals surface area contributed by atoms with Gasteiger partial charge in [-0.25, -0.2) is 9.59 Å². The number of esters is 2. The van der Waals surface area contributed by atoms with Crippen LogP contribution in [0.3, 0.4) is 0 Å². The summed E-state index contributed by atoms with van der Waals surface area (Å²) in [6.07, 6.45) is 1.32. The number of aryl methyl sites for hydroxylation is 2. The maximum atomic E-state index is 12.4. The molecule has 0 aliphatic heterocycles. The molecule has 0 spiro atoms. The van der Waals surface area contributed by atoms with E-state index in [1.165, 1.54) is 32.6 Å². The summed E-state index contributed by atoms with van der Waals surface area (Å²) in [5, 5.41) is 3.89. The Hall–Kier alpha value is -3.75. The maximum Gasteiger partial charge on any atom is 0.341 e. The fourth-order valence-electron chi connectivity index (χ4n) is 2.73. The van der Waals surface area contributed by atoms with Gasteiger partial charge in [0.05, 0.1) is 37.3 Å². The van der Waals surface area contributed by atoms with Crippen LogP contribution in [0, 0.1) is 13.8 Å². The third-order valence-electron chi connectivity index (χ3n) is 4.44. The van der Waals surface area contributed by atoms with Crippen LogP contribution in [0.15, 0.2) is 39.5 Å². The Morgan fingerprint density at radius 2 is 1.83 bits per heavy atom. The van der Waals surface area contributed by atoms with Crippen LogP contribution in [0.25, 0.3) is 0 Å². The molecule has 0 amide bonds. The molecule has 0 saturated carbocycles. The number of aromatic nitrogens is 1.